The van der Waals surface area contributed by atoms with E-state index in [9.17, 15) is 5.11 Å². The first-order valence-corrected chi connectivity index (χ1v) is 6.42. The lowest BCUT2D eigenvalue weighted by molar-refractivity contribution is 0.171. The molecule has 18 heavy (non-hydrogen) atoms. The fraction of sp³-hybridized carbons (Fsp3) is 0.538. The van der Waals surface area contributed by atoms with E-state index in [0.29, 0.717) is 29.7 Å². The van der Waals surface area contributed by atoms with Gasteiger partial charge >= 0.3 is 0 Å². The second-order valence-electron chi connectivity index (χ2n) is 4.66. The molecule has 0 aliphatic carbocycles. The monoisotopic (exact) mass is 271 g/mol. The molecule has 0 aromatic heterocycles. The van der Waals surface area contributed by atoms with Crippen LogP contribution in [0.3, 0.4) is 0 Å². The highest BCUT2D eigenvalue weighted by atomic mass is 35.5. The third-order valence-corrected chi connectivity index (χ3v) is 3.39. The number of aliphatic hydroxyl groups is 1. The first-order chi connectivity index (χ1) is 8.56. The molecule has 100 valence electrons. The van der Waals surface area contributed by atoms with Crippen LogP contribution in [0.25, 0.3) is 0 Å². The Labute approximate surface area is 112 Å². The smallest absolute Gasteiger partial charge is 0.180 e. The van der Waals surface area contributed by atoms with Crippen LogP contribution in [0.5, 0.6) is 11.5 Å². The molecule has 0 radical (unpaired) electrons. The topological polar surface area (TPSA) is 64.7 Å². The van der Waals surface area contributed by atoms with Crippen LogP contribution in [0.4, 0.5) is 0 Å². The summed E-state index contributed by atoms with van der Waals surface area (Å²) < 4.78 is 11.1. The van der Waals surface area contributed by atoms with Crippen molar-refractivity contribution in [1.29, 1.82) is 0 Å². The van der Waals surface area contributed by atoms with Crippen LogP contribution >= 0.6 is 11.6 Å². The Balaban J connectivity index is 2.61. The van der Waals surface area contributed by atoms with Crippen LogP contribution in [0, 0.1) is 0 Å². The Morgan fingerprint density at radius 3 is 2.67 bits per heavy atom. The van der Waals surface area contributed by atoms with Gasteiger partial charge in [-0.05, 0) is 23.1 Å². The van der Waals surface area contributed by atoms with Crippen molar-refractivity contribution in [1.82, 2.24) is 0 Å². The van der Waals surface area contributed by atoms with Gasteiger partial charge in [0.25, 0.3) is 0 Å². The fourth-order valence-corrected chi connectivity index (χ4v) is 2.65. The Kier molecular flexibility index (Phi) is 4.00. The number of halogens is 1. The predicted molar refractivity (Wildman–Crippen MR) is 70.5 cm³/mol. The molecule has 1 atom stereocenters. The van der Waals surface area contributed by atoms with E-state index in [1.807, 2.05) is 19.9 Å². The Hall–Kier alpha value is -0.970. The molecule has 0 saturated heterocycles. The van der Waals surface area contributed by atoms with Gasteiger partial charge in [0.15, 0.2) is 11.5 Å². The van der Waals surface area contributed by atoms with E-state index in [-0.39, 0.29) is 12.5 Å². The predicted octanol–water partition coefficient (Wildman–Crippen LogP) is 2.23. The zero-order chi connectivity index (χ0) is 13.3. The summed E-state index contributed by atoms with van der Waals surface area (Å²) in [5.41, 5.74) is 7.67. The number of aliphatic hydroxyl groups excluding tert-OH is 1. The van der Waals surface area contributed by atoms with Crippen LogP contribution < -0.4 is 15.2 Å². The molecule has 1 aromatic carbocycles. The average molecular weight is 272 g/mol. The third-order valence-electron chi connectivity index (χ3n) is 3.02. The largest absolute Gasteiger partial charge is 0.486 e. The zero-order valence-electron chi connectivity index (χ0n) is 10.6. The van der Waals surface area contributed by atoms with Gasteiger partial charge in [0.05, 0.1) is 17.7 Å². The quantitative estimate of drug-likeness (QED) is 0.885. The Morgan fingerprint density at radius 2 is 2.06 bits per heavy atom. The molecule has 1 aliphatic rings. The number of fused-ring (bicyclic) bond motifs is 1. The summed E-state index contributed by atoms with van der Waals surface area (Å²) in [6.07, 6.45) is 0. The van der Waals surface area contributed by atoms with E-state index in [0.717, 1.165) is 11.1 Å². The molecule has 0 bridgehead atoms. The third kappa shape index (κ3) is 2.28. The number of hydrogen-bond acceptors (Lipinski definition) is 4. The minimum atomic E-state index is -0.462. The molecule has 5 heteroatoms. The average Bonchev–Trinajstić information content (AvgIpc) is 2.37. The van der Waals surface area contributed by atoms with Gasteiger partial charge in [0.1, 0.15) is 13.2 Å². The van der Waals surface area contributed by atoms with Crippen molar-refractivity contribution in [3.05, 3.63) is 22.2 Å². The van der Waals surface area contributed by atoms with Gasteiger partial charge in [0.2, 0.25) is 0 Å². The first kappa shape index (κ1) is 13.5. The SMILES string of the molecule is CC(C)c1c(C(N)CO)cc2c(c1Cl)OCCO2. The molecular formula is C13H18ClNO3. The standard InChI is InChI=1S/C13H18ClNO3/c1-7(2)11-8(9(15)6-16)5-10-13(12(11)14)18-4-3-17-10/h5,7,9,16H,3-4,6,15H2,1-2H3. The van der Waals surface area contributed by atoms with Gasteiger partial charge in [-0.2, -0.15) is 0 Å². The van der Waals surface area contributed by atoms with Crippen molar-refractivity contribution in [3.63, 3.8) is 0 Å². The lowest BCUT2D eigenvalue weighted by Gasteiger charge is -2.26. The van der Waals surface area contributed by atoms with Gasteiger partial charge < -0.3 is 20.3 Å². The van der Waals surface area contributed by atoms with E-state index in [1.165, 1.54) is 0 Å². The van der Waals surface area contributed by atoms with E-state index < -0.39 is 6.04 Å². The van der Waals surface area contributed by atoms with Gasteiger partial charge in [-0.3, -0.25) is 0 Å². The second-order valence-corrected chi connectivity index (χ2v) is 5.04. The van der Waals surface area contributed by atoms with Crippen molar-refractivity contribution in [2.75, 3.05) is 19.8 Å². The van der Waals surface area contributed by atoms with Crippen LogP contribution in [0.2, 0.25) is 5.02 Å². The van der Waals surface area contributed by atoms with Gasteiger partial charge in [0, 0.05) is 0 Å². The molecule has 1 aromatic rings. The van der Waals surface area contributed by atoms with E-state index in [1.54, 1.807) is 0 Å². The molecule has 0 amide bonds. The zero-order valence-corrected chi connectivity index (χ0v) is 11.3. The molecule has 0 saturated carbocycles. The Bertz CT molecular complexity index is 448. The maximum absolute atomic E-state index is 9.25. The van der Waals surface area contributed by atoms with Crippen molar-refractivity contribution in [2.45, 2.75) is 25.8 Å². The molecule has 0 fully saturated rings. The molecule has 1 aliphatic heterocycles. The minimum Gasteiger partial charge on any atom is -0.486 e. The number of ether oxygens (including phenoxy) is 2. The molecule has 0 spiro atoms. The van der Waals surface area contributed by atoms with Crippen LogP contribution in [-0.2, 0) is 0 Å². The summed E-state index contributed by atoms with van der Waals surface area (Å²) >= 11 is 6.39. The molecular weight excluding hydrogens is 254 g/mol. The lowest BCUT2D eigenvalue weighted by atomic mass is 9.92. The first-order valence-electron chi connectivity index (χ1n) is 6.04. The summed E-state index contributed by atoms with van der Waals surface area (Å²) in [6.45, 7) is 4.93. The van der Waals surface area contributed by atoms with Crippen LogP contribution in [0.15, 0.2) is 6.07 Å². The van der Waals surface area contributed by atoms with Crippen LogP contribution in [0.1, 0.15) is 36.9 Å². The van der Waals surface area contributed by atoms with Crippen molar-refractivity contribution >= 4 is 11.6 Å². The number of rotatable bonds is 3. The minimum absolute atomic E-state index is 0.129. The highest BCUT2D eigenvalue weighted by molar-refractivity contribution is 6.33. The summed E-state index contributed by atoms with van der Waals surface area (Å²) in [4.78, 5) is 0. The fourth-order valence-electron chi connectivity index (χ4n) is 2.17. The Morgan fingerprint density at radius 1 is 1.39 bits per heavy atom. The van der Waals surface area contributed by atoms with E-state index in [2.05, 4.69) is 0 Å². The summed E-state index contributed by atoms with van der Waals surface area (Å²) in [7, 11) is 0. The summed E-state index contributed by atoms with van der Waals surface area (Å²) in [5, 5.41) is 9.79. The highest BCUT2D eigenvalue weighted by Gasteiger charge is 2.25. The van der Waals surface area contributed by atoms with Crippen molar-refractivity contribution in [2.24, 2.45) is 5.73 Å². The van der Waals surface area contributed by atoms with Crippen molar-refractivity contribution in [3.8, 4) is 11.5 Å². The van der Waals surface area contributed by atoms with Crippen LogP contribution in [-0.4, -0.2) is 24.9 Å². The lowest BCUT2D eigenvalue weighted by Crippen LogP contribution is -2.21. The van der Waals surface area contributed by atoms with E-state index >= 15 is 0 Å². The molecule has 1 heterocycles. The number of nitrogens with two attached hydrogens (primary N) is 1. The summed E-state index contributed by atoms with van der Waals surface area (Å²) in [5.74, 6) is 1.39. The molecule has 4 nitrogen and oxygen atoms in total. The number of benzene rings is 1. The van der Waals surface area contributed by atoms with Gasteiger partial charge in [-0.15, -0.1) is 0 Å². The highest BCUT2D eigenvalue weighted by Crippen LogP contribution is 2.45. The van der Waals surface area contributed by atoms with E-state index in [4.69, 9.17) is 26.8 Å². The second kappa shape index (κ2) is 5.34. The maximum atomic E-state index is 9.25. The maximum Gasteiger partial charge on any atom is 0.180 e. The van der Waals surface area contributed by atoms with Crippen molar-refractivity contribution < 1.29 is 14.6 Å². The summed E-state index contributed by atoms with van der Waals surface area (Å²) in [6, 6.07) is 1.37. The van der Waals surface area contributed by atoms with Gasteiger partial charge in [-0.1, -0.05) is 25.4 Å². The molecule has 2 rings (SSSR count). The normalized spacial score (nSPS) is 15.9. The molecule has 1 unspecified atom stereocenters. The van der Waals surface area contributed by atoms with Gasteiger partial charge in [-0.25, -0.2) is 0 Å². The molecule has 3 N–H and O–H groups in total. The number of hydrogen-bond donors (Lipinski definition) is 2.